The predicted molar refractivity (Wildman–Crippen MR) is 187 cm³/mol. The summed E-state index contributed by atoms with van der Waals surface area (Å²) in [6, 6.07) is 15.2. The number of hydrogen-bond acceptors (Lipinski definition) is 9. The highest BCUT2D eigenvalue weighted by Crippen LogP contribution is 2.18. The van der Waals surface area contributed by atoms with E-state index in [4.69, 9.17) is 9.47 Å². The van der Waals surface area contributed by atoms with Crippen LogP contribution in [-0.2, 0) is 55.9 Å². The summed E-state index contributed by atoms with van der Waals surface area (Å²) in [5.41, 5.74) is 1.50. The molecule has 0 aliphatic heterocycles. The number of carbonyl (C=O) groups is 7. The molecule has 0 radical (unpaired) electrons. The van der Waals surface area contributed by atoms with E-state index in [-0.39, 0.29) is 44.5 Å². The molecule has 2 rings (SSSR count). The van der Waals surface area contributed by atoms with Gasteiger partial charge < -0.3 is 35.1 Å². The van der Waals surface area contributed by atoms with Crippen molar-refractivity contribution in [3.05, 3.63) is 71.8 Å². The molecule has 0 aliphatic carbocycles. The van der Waals surface area contributed by atoms with E-state index in [2.05, 4.69) is 10.6 Å². The van der Waals surface area contributed by atoms with Crippen LogP contribution in [-0.4, -0.2) is 89.8 Å². The van der Waals surface area contributed by atoms with Crippen molar-refractivity contribution in [2.75, 3.05) is 26.4 Å². The van der Waals surface area contributed by atoms with Crippen molar-refractivity contribution >= 4 is 41.1 Å². The van der Waals surface area contributed by atoms with Gasteiger partial charge in [-0.25, -0.2) is 0 Å². The summed E-state index contributed by atoms with van der Waals surface area (Å²) in [6.45, 7) is 4.87. The molecule has 2 aromatic rings. The lowest BCUT2D eigenvalue weighted by Crippen LogP contribution is -2.48. The number of carboxylic acids is 2. The summed E-state index contributed by atoms with van der Waals surface area (Å²) >= 11 is 0. The number of aliphatic carboxylic acids is 2. The highest BCUT2D eigenvalue weighted by Gasteiger charge is 2.33. The van der Waals surface area contributed by atoms with Gasteiger partial charge in [0.1, 0.15) is 5.78 Å². The average Bonchev–Trinajstić information content (AvgIpc) is 3.08. The smallest absolute Gasteiger partial charge is 0.305 e. The van der Waals surface area contributed by atoms with Gasteiger partial charge in [0.15, 0.2) is 11.6 Å². The van der Waals surface area contributed by atoms with Gasteiger partial charge >= 0.3 is 11.9 Å². The van der Waals surface area contributed by atoms with Crippen LogP contribution in [0.5, 0.6) is 0 Å². The normalized spacial score (nSPS) is 13.3. The van der Waals surface area contributed by atoms with Crippen molar-refractivity contribution in [3.63, 3.8) is 0 Å². The van der Waals surface area contributed by atoms with Gasteiger partial charge in [-0.2, -0.15) is 0 Å². The molecule has 51 heavy (non-hydrogen) atoms. The van der Waals surface area contributed by atoms with Gasteiger partial charge in [0.2, 0.25) is 11.8 Å². The maximum Gasteiger partial charge on any atom is 0.305 e. The number of carbonyl (C=O) groups excluding carboxylic acids is 5. The molecular formula is C38H50N2O11. The van der Waals surface area contributed by atoms with Gasteiger partial charge in [0.25, 0.3) is 0 Å². The van der Waals surface area contributed by atoms with Crippen LogP contribution in [0, 0.1) is 11.8 Å². The molecule has 2 aromatic carbocycles. The molecule has 278 valence electrons. The minimum atomic E-state index is -1.47. The average molecular weight is 711 g/mol. The molecule has 0 fully saturated rings. The second-order valence-corrected chi connectivity index (χ2v) is 12.5. The number of rotatable bonds is 27. The van der Waals surface area contributed by atoms with Gasteiger partial charge in [-0.05, 0) is 43.7 Å². The Labute approximate surface area is 298 Å². The fourth-order valence-corrected chi connectivity index (χ4v) is 5.44. The Morgan fingerprint density at radius 1 is 0.608 bits per heavy atom. The van der Waals surface area contributed by atoms with Crippen LogP contribution in [0.25, 0.3) is 0 Å². The van der Waals surface area contributed by atoms with E-state index < -0.39 is 78.5 Å². The first-order valence-electron chi connectivity index (χ1n) is 17.2. The number of ether oxygens (including phenoxy) is 2. The lowest BCUT2D eigenvalue weighted by molar-refractivity contribution is -0.144. The third kappa shape index (κ3) is 17.7. The van der Waals surface area contributed by atoms with E-state index in [0.29, 0.717) is 25.4 Å². The second-order valence-electron chi connectivity index (χ2n) is 12.5. The summed E-state index contributed by atoms with van der Waals surface area (Å²) in [5.74, 6) is -7.98. The van der Waals surface area contributed by atoms with Crippen LogP contribution in [0.1, 0.15) is 69.9 Å². The lowest BCUT2D eigenvalue weighted by atomic mass is 9.90. The van der Waals surface area contributed by atoms with Crippen LogP contribution in [0.2, 0.25) is 0 Å². The zero-order chi connectivity index (χ0) is 37.6. The number of amides is 2. The first-order valence-corrected chi connectivity index (χ1v) is 17.2. The SMILES string of the molecule is CCCOCCOCCCC(=O)[C@H](CC(=O)O)NC(=O)[C@H](CC(=O)O)CC(=O)[C@H](Cc1ccccc1)NC(=O)[C@@H](CC(C)=O)Cc1ccccc1. The van der Waals surface area contributed by atoms with Crippen LogP contribution in [0.15, 0.2) is 60.7 Å². The van der Waals surface area contributed by atoms with Crippen molar-refractivity contribution in [1.82, 2.24) is 10.6 Å². The maximum absolute atomic E-state index is 13.8. The third-order valence-electron chi connectivity index (χ3n) is 7.97. The molecule has 0 aromatic heterocycles. The Morgan fingerprint density at radius 3 is 1.69 bits per heavy atom. The fraction of sp³-hybridized carbons (Fsp3) is 0.500. The first kappa shape index (κ1) is 42.4. The molecular weight excluding hydrogens is 660 g/mol. The standard InChI is InChI=1S/C38H50N2O11/c1-3-16-50-18-19-51-17-10-15-33(42)32(25-36(46)47)40-38(49)30(24-35(44)45)23-34(43)31(22-28-13-8-5-9-14-28)39-37(48)29(20-26(2)41)21-27-11-6-4-7-12-27/h4-9,11-14,29-32H,3,10,15-25H2,1-2H3,(H,39,48)(H,40,49)(H,44,45)(H,46,47)/t29-,30-,31-,32-/m0/s1. The Kier molecular flexibility index (Phi) is 19.6. The number of ketones is 3. The van der Waals surface area contributed by atoms with Crippen molar-refractivity contribution < 1.29 is 53.2 Å². The quantitative estimate of drug-likeness (QED) is 0.0991. The molecule has 2 amide bonds. The Morgan fingerprint density at radius 2 is 1.14 bits per heavy atom. The van der Waals surface area contributed by atoms with Gasteiger partial charge in [0.05, 0.1) is 44.1 Å². The summed E-state index contributed by atoms with van der Waals surface area (Å²) in [7, 11) is 0. The molecule has 4 N–H and O–H groups in total. The fourth-order valence-electron chi connectivity index (χ4n) is 5.44. The summed E-state index contributed by atoms with van der Waals surface area (Å²) < 4.78 is 10.7. The van der Waals surface area contributed by atoms with Crippen LogP contribution < -0.4 is 10.6 Å². The summed E-state index contributed by atoms with van der Waals surface area (Å²) in [4.78, 5) is 89.3. The van der Waals surface area contributed by atoms with Crippen LogP contribution in [0.4, 0.5) is 0 Å². The Hall–Kier alpha value is -4.75. The van der Waals surface area contributed by atoms with Crippen LogP contribution in [0.3, 0.4) is 0 Å². The van der Waals surface area contributed by atoms with Crippen LogP contribution >= 0.6 is 0 Å². The minimum absolute atomic E-state index is 0.0257. The van der Waals surface area contributed by atoms with Gasteiger partial charge in [-0.3, -0.25) is 28.8 Å². The molecule has 4 atom stereocenters. The monoisotopic (exact) mass is 710 g/mol. The number of benzene rings is 2. The topological polar surface area (TPSA) is 202 Å². The minimum Gasteiger partial charge on any atom is -0.481 e. The Bertz CT molecular complexity index is 1430. The van der Waals surface area contributed by atoms with Crippen molar-refractivity contribution in [1.29, 1.82) is 0 Å². The molecule has 0 saturated heterocycles. The van der Waals surface area contributed by atoms with E-state index in [1.165, 1.54) is 6.92 Å². The molecule has 0 aliphatic rings. The summed E-state index contributed by atoms with van der Waals surface area (Å²) in [6.07, 6.45) is -0.933. The van der Waals surface area contributed by atoms with E-state index in [9.17, 15) is 43.8 Å². The molecule has 0 heterocycles. The number of Topliss-reactive ketones (excluding diaryl/α,β-unsaturated/α-hetero) is 3. The molecule has 0 bridgehead atoms. The van der Waals surface area contributed by atoms with Crippen molar-refractivity contribution in [2.45, 2.75) is 83.7 Å². The maximum atomic E-state index is 13.8. The predicted octanol–water partition coefficient (Wildman–Crippen LogP) is 3.35. The highest BCUT2D eigenvalue weighted by molar-refractivity contribution is 5.97. The van der Waals surface area contributed by atoms with E-state index in [1.807, 2.05) is 37.3 Å². The molecule has 13 heteroatoms. The zero-order valence-electron chi connectivity index (χ0n) is 29.3. The van der Waals surface area contributed by atoms with Crippen molar-refractivity contribution in [2.24, 2.45) is 11.8 Å². The number of carboxylic acid groups (broad SMARTS) is 2. The van der Waals surface area contributed by atoms with E-state index in [1.54, 1.807) is 30.3 Å². The lowest BCUT2D eigenvalue weighted by Gasteiger charge is -2.24. The highest BCUT2D eigenvalue weighted by atomic mass is 16.5. The van der Waals surface area contributed by atoms with E-state index in [0.717, 1.165) is 12.0 Å². The first-order chi connectivity index (χ1) is 24.4. The van der Waals surface area contributed by atoms with Gasteiger partial charge in [-0.1, -0.05) is 67.6 Å². The largest absolute Gasteiger partial charge is 0.481 e. The molecule has 0 saturated carbocycles. The second kappa shape index (κ2) is 23.6. The number of hydrogen-bond donors (Lipinski definition) is 4. The Balaban J connectivity index is 2.20. The third-order valence-corrected chi connectivity index (χ3v) is 7.97. The van der Waals surface area contributed by atoms with Crippen molar-refractivity contribution in [3.8, 4) is 0 Å². The zero-order valence-corrected chi connectivity index (χ0v) is 29.3. The number of nitrogens with one attached hydrogen (secondary N) is 2. The van der Waals surface area contributed by atoms with E-state index >= 15 is 0 Å². The molecule has 0 unspecified atom stereocenters. The van der Waals surface area contributed by atoms with Gasteiger partial charge in [-0.15, -0.1) is 0 Å². The molecule has 13 nitrogen and oxygen atoms in total. The van der Waals surface area contributed by atoms with Gasteiger partial charge in [0, 0.05) is 38.4 Å². The summed E-state index contributed by atoms with van der Waals surface area (Å²) in [5, 5.41) is 24.1. The molecule has 0 spiro atoms.